The van der Waals surface area contributed by atoms with E-state index in [2.05, 4.69) is 38.5 Å². The maximum Gasteiger partial charge on any atom is 0.262 e. The lowest BCUT2D eigenvalue weighted by atomic mass is 9.80. The van der Waals surface area contributed by atoms with Crippen LogP contribution in [0.1, 0.15) is 76.9 Å². The molecule has 1 aromatic carbocycles. The quantitative estimate of drug-likeness (QED) is 0.207. The first-order valence-corrected chi connectivity index (χ1v) is 15.9. The molecule has 45 heavy (non-hydrogen) atoms. The molecule has 234 valence electrons. The number of nitrogens with zero attached hydrogens (tertiary/aromatic N) is 5. The van der Waals surface area contributed by atoms with Crippen molar-refractivity contribution in [3.63, 3.8) is 0 Å². The summed E-state index contributed by atoms with van der Waals surface area (Å²) in [6, 6.07) is 8.52. The summed E-state index contributed by atoms with van der Waals surface area (Å²) in [6.07, 6.45) is 9.10. The molecule has 2 aliphatic carbocycles. The molecule has 1 saturated heterocycles. The van der Waals surface area contributed by atoms with Gasteiger partial charge in [0, 0.05) is 74.4 Å². The molecule has 1 atom stereocenters. The number of pyridine rings is 1. The number of aromatic nitrogens is 3. The number of amides is 3. The number of anilines is 2. The number of benzene rings is 1. The third kappa shape index (κ3) is 5.70. The molecular weight excluding hydrogens is 572 g/mol. The second kappa shape index (κ2) is 12.1. The molecule has 0 bridgehead atoms. The normalized spacial score (nSPS) is 21.8. The Hall–Kier alpha value is -4.58. The summed E-state index contributed by atoms with van der Waals surface area (Å²) in [4.78, 5) is 56.9. The third-order valence-corrected chi connectivity index (χ3v) is 9.52. The Kier molecular flexibility index (Phi) is 7.82. The number of hydrogen-bond acceptors (Lipinski definition) is 9. The minimum Gasteiger partial charge on any atom is -0.385 e. The van der Waals surface area contributed by atoms with Crippen LogP contribution in [0.25, 0.3) is 11.3 Å². The predicted octanol–water partition coefficient (Wildman–Crippen LogP) is 2.72. The van der Waals surface area contributed by atoms with Gasteiger partial charge >= 0.3 is 0 Å². The molecule has 4 heterocycles. The average molecular weight is 611 g/mol. The first-order valence-electron chi connectivity index (χ1n) is 15.9. The molecule has 3 aromatic rings. The van der Waals surface area contributed by atoms with Crippen molar-refractivity contribution in [3.05, 3.63) is 59.5 Å². The SMILES string of the molecule is NC(=O)C(CCC=O)N1C(=O)c2ccc(NCC3CC(n4cc(-c5cc(N6CCNCC6)ccn5)c(C5CC5)n4)C3)cc2C1=O. The van der Waals surface area contributed by atoms with E-state index in [1.807, 2.05) is 6.20 Å². The predicted molar refractivity (Wildman–Crippen MR) is 168 cm³/mol. The number of imide groups is 1. The van der Waals surface area contributed by atoms with Gasteiger partial charge in [0.1, 0.15) is 12.3 Å². The fraction of sp³-hybridized carbons (Fsp3) is 0.455. The molecule has 4 N–H and O–H groups in total. The number of carbonyl (C=O) groups is 4. The lowest BCUT2D eigenvalue weighted by Crippen LogP contribution is -2.47. The van der Waals surface area contributed by atoms with Gasteiger partial charge in [-0.2, -0.15) is 5.10 Å². The number of primary amides is 1. The van der Waals surface area contributed by atoms with Crippen molar-refractivity contribution in [3.8, 4) is 11.3 Å². The Morgan fingerprint density at radius 1 is 1.07 bits per heavy atom. The second-order valence-electron chi connectivity index (χ2n) is 12.6. The zero-order valence-electron chi connectivity index (χ0n) is 25.2. The van der Waals surface area contributed by atoms with Crippen LogP contribution in [-0.4, -0.2) is 82.4 Å². The van der Waals surface area contributed by atoms with Crippen molar-refractivity contribution >= 4 is 35.4 Å². The minimum absolute atomic E-state index is 0.0115. The van der Waals surface area contributed by atoms with Gasteiger partial charge in [-0.25, -0.2) is 0 Å². The molecule has 12 heteroatoms. The summed E-state index contributed by atoms with van der Waals surface area (Å²) in [5, 5.41) is 11.9. The van der Waals surface area contributed by atoms with Crippen molar-refractivity contribution in [2.75, 3.05) is 42.9 Å². The van der Waals surface area contributed by atoms with Crippen LogP contribution in [0, 0.1) is 5.92 Å². The Balaban J connectivity index is 0.988. The van der Waals surface area contributed by atoms with Crippen molar-refractivity contribution in [1.82, 2.24) is 25.0 Å². The molecule has 0 spiro atoms. The van der Waals surface area contributed by atoms with Gasteiger partial charge in [0.2, 0.25) is 5.91 Å². The van der Waals surface area contributed by atoms with Crippen molar-refractivity contribution < 1.29 is 19.2 Å². The highest BCUT2D eigenvalue weighted by atomic mass is 16.2. The van der Waals surface area contributed by atoms with E-state index in [-0.39, 0.29) is 24.0 Å². The van der Waals surface area contributed by atoms with Gasteiger partial charge in [-0.05, 0) is 68.4 Å². The number of hydrogen-bond donors (Lipinski definition) is 3. The first-order chi connectivity index (χ1) is 21.9. The second-order valence-corrected chi connectivity index (χ2v) is 12.6. The molecule has 2 aromatic heterocycles. The van der Waals surface area contributed by atoms with E-state index in [0.29, 0.717) is 24.2 Å². The molecule has 1 unspecified atom stereocenters. The number of piperazine rings is 1. The van der Waals surface area contributed by atoms with Gasteiger partial charge in [-0.1, -0.05) is 0 Å². The fourth-order valence-corrected chi connectivity index (χ4v) is 6.76. The van der Waals surface area contributed by atoms with Crippen LogP contribution in [0.3, 0.4) is 0 Å². The zero-order valence-corrected chi connectivity index (χ0v) is 25.2. The lowest BCUT2D eigenvalue weighted by Gasteiger charge is -2.35. The maximum atomic E-state index is 13.1. The summed E-state index contributed by atoms with van der Waals surface area (Å²) in [5.74, 6) is -0.986. The maximum absolute atomic E-state index is 13.1. The standard InChI is InChI=1S/C33H38N8O4/c34-31(43)29(2-1-13-42)41-32(44)25-6-5-22(16-26(25)33(41)45)37-18-20-14-24(15-20)40-19-27(30(38-40)21-3-4-21)28-17-23(7-8-36-28)39-11-9-35-10-12-39/h5-8,13,16-17,19-21,24,29,35,37H,1-4,9-12,14-15,18H2,(H2,34,43). The van der Waals surface area contributed by atoms with Crippen molar-refractivity contribution in [2.45, 2.75) is 56.5 Å². The van der Waals surface area contributed by atoms with Crippen LogP contribution >= 0.6 is 0 Å². The molecule has 2 aliphatic heterocycles. The van der Waals surface area contributed by atoms with Crippen molar-refractivity contribution in [1.29, 1.82) is 0 Å². The van der Waals surface area contributed by atoms with E-state index in [9.17, 15) is 19.2 Å². The topological polar surface area (TPSA) is 156 Å². The number of carbonyl (C=O) groups excluding carboxylic acids is 4. The van der Waals surface area contributed by atoms with E-state index in [1.165, 1.54) is 18.5 Å². The van der Waals surface area contributed by atoms with Gasteiger partial charge in [0.25, 0.3) is 11.8 Å². The lowest BCUT2D eigenvalue weighted by molar-refractivity contribution is -0.122. The molecule has 3 amide bonds. The number of aldehydes is 1. The van der Waals surface area contributed by atoms with E-state index in [1.54, 1.807) is 18.2 Å². The van der Waals surface area contributed by atoms with Gasteiger partial charge in [-0.15, -0.1) is 0 Å². The van der Waals surface area contributed by atoms with Crippen molar-refractivity contribution in [2.24, 2.45) is 11.7 Å². The average Bonchev–Trinajstić information content (AvgIpc) is 3.75. The van der Waals surface area contributed by atoms with E-state index in [0.717, 1.165) is 73.1 Å². The van der Waals surface area contributed by atoms with Gasteiger partial charge < -0.3 is 26.1 Å². The summed E-state index contributed by atoms with van der Waals surface area (Å²) < 4.78 is 2.15. The van der Waals surface area contributed by atoms with Gasteiger partial charge in [0.15, 0.2) is 0 Å². The number of rotatable bonds is 12. The largest absolute Gasteiger partial charge is 0.385 e. The Morgan fingerprint density at radius 2 is 1.84 bits per heavy atom. The third-order valence-electron chi connectivity index (χ3n) is 9.52. The molecule has 12 nitrogen and oxygen atoms in total. The molecular formula is C33H38N8O4. The Bertz CT molecular complexity index is 1640. The molecule has 2 saturated carbocycles. The van der Waals surface area contributed by atoms with Crippen LogP contribution in [0.15, 0.2) is 42.7 Å². The van der Waals surface area contributed by atoms with Crippen LogP contribution in [0.2, 0.25) is 0 Å². The highest BCUT2D eigenvalue weighted by Crippen LogP contribution is 2.46. The molecule has 4 aliphatic rings. The first kappa shape index (κ1) is 29.1. The summed E-state index contributed by atoms with van der Waals surface area (Å²) >= 11 is 0. The Morgan fingerprint density at radius 3 is 2.58 bits per heavy atom. The zero-order chi connectivity index (χ0) is 31.1. The van der Waals surface area contributed by atoms with Gasteiger partial charge in [0.05, 0.1) is 28.6 Å². The molecule has 3 fully saturated rings. The van der Waals surface area contributed by atoms with E-state index >= 15 is 0 Å². The smallest absolute Gasteiger partial charge is 0.262 e. The van der Waals surface area contributed by atoms with E-state index in [4.69, 9.17) is 15.8 Å². The minimum atomic E-state index is -1.15. The van der Waals surface area contributed by atoms with Crippen LogP contribution in [-0.2, 0) is 9.59 Å². The number of fused-ring (bicyclic) bond motifs is 1. The van der Waals surface area contributed by atoms with E-state index < -0.39 is 23.8 Å². The molecule has 7 rings (SSSR count). The fourth-order valence-electron chi connectivity index (χ4n) is 6.76. The summed E-state index contributed by atoms with van der Waals surface area (Å²) in [7, 11) is 0. The monoisotopic (exact) mass is 610 g/mol. The highest BCUT2D eigenvalue weighted by Gasteiger charge is 2.42. The summed E-state index contributed by atoms with van der Waals surface area (Å²) in [5.41, 5.74) is 11.2. The van der Waals surface area contributed by atoms with Gasteiger partial charge in [-0.3, -0.25) is 28.9 Å². The number of nitrogens with two attached hydrogens (primary N) is 1. The van der Waals surface area contributed by atoms with Crippen LogP contribution < -0.4 is 21.3 Å². The van der Waals surface area contributed by atoms with Crippen LogP contribution in [0.4, 0.5) is 11.4 Å². The molecule has 0 radical (unpaired) electrons. The Labute approximate surface area is 261 Å². The van der Waals surface area contributed by atoms with Crippen LogP contribution in [0.5, 0.6) is 0 Å². The number of nitrogens with one attached hydrogen (secondary N) is 2. The highest BCUT2D eigenvalue weighted by molar-refractivity contribution is 6.23. The summed E-state index contributed by atoms with van der Waals surface area (Å²) in [6.45, 7) is 4.69.